The van der Waals surface area contributed by atoms with Gasteiger partial charge >= 0.3 is 0 Å². The Kier molecular flexibility index (Phi) is 6.65. The summed E-state index contributed by atoms with van der Waals surface area (Å²) in [5.41, 5.74) is 0. The summed E-state index contributed by atoms with van der Waals surface area (Å²) in [5, 5.41) is 0. The van der Waals surface area contributed by atoms with Gasteiger partial charge in [-0.1, -0.05) is 27.2 Å². The van der Waals surface area contributed by atoms with Crippen molar-refractivity contribution in [2.75, 3.05) is 20.6 Å². The lowest BCUT2D eigenvalue weighted by Gasteiger charge is -2.17. The molecule has 0 rings (SSSR count). The maximum Gasteiger partial charge on any atom is 0.0986 e. The van der Waals surface area contributed by atoms with Crippen molar-refractivity contribution in [1.29, 1.82) is 0 Å². The van der Waals surface area contributed by atoms with E-state index in [2.05, 4.69) is 44.8 Å². The van der Waals surface area contributed by atoms with Crippen LogP contribution >= 0.6 is 0 Å². The zero-order valence-electron chi connectivity index (χ0n) is 9.80. The number of rotatable bonds is 5. The summed E-state index contributed by atoms with van der Waals surface area (Å²) in [5.74, 6) is 1.94. The van der Waals surface area contributed by atoms with Crippen molar-refractivity contribution in [1.82, 2.24) is 4.90 Å². The third-order valence-electron chi connectivity index (χ3n) is 1.91. The molecule has 0 amide bonds. The normalized spacial score (nSPS) is 12.3. The zero-order chi connectivity index (χ0) is 10.3. The minimum atomic E-state index is 0.697. The van der Waals surface area contributed by atoms with Crippen molar-refractivity contribution in [3.63, 3.8) is 0 Å². The van der Waals surface area contributed by atoms with Crippen LogP contribution in [0, 0.1) is 5.92 Å². The molecule has 2 heteroatoms. The van der Waals surface area contributed by atoms with Crippen LogP contribution < -0.4 is 0 Å². The third kappa shape index (κ3) is 6.62. The van der Waals surface area contributed by atoms with Crippen LogP contribution in [0.5, 0.6) is 0 Å². The van der Waals surface area contributed by atoms with E-state index in [1.54, 1.807) is 0 Å². The van der Waals surface area contributed by atoms with E-state index in [0.29, 0.717) is 5.92 Å². The summed E-state index contributed by atoms with van der Waals surface area (Å²) in [6.07, 6.45) is 3.53. The lowest BCUT2D eigenvalue weighted by atomic mass is 10.1. The van der Waals surface area contributed by atoms with Gasteiger partial charge in [0.15, 0.2) is 0 Å². The molecular weight excluding hydrogens is 160 g/mol. The Morgan fingerprint density at radius 2 is 1.92 bits per heavy atom. The van der Waals surface area contributed by atoms with Crippen molar-refractivity contribution in [2.24, 2.45) is 10.9 Å². The topological polar surface area (TPSA) is 15.6 Å². The molecule has 2 nitrogen and oxygen atoms in total. The van der Waals surface area contributed by atoms with Gasteiger partial charge in [-0.05, 0) is 12.3 Å². The molecule has 0 aliphatic rings. The summed E-state index contributed by atoms with van der Waals surface area (Å²) >= 11 is 0. The standard InChI is InChI=1S/C11H24N2/c1-6-7-8-12-11(13(4)5)9-10(2)3/h10H,6-9H2,1-5H3. The minimum absolute atomic E-state index is 0.697. The van der Waals surface area contributed by atoms with E-state index in [0.717, 1.165) is 13.0 Å². The first kappa shape index (κ1) is 12.5. The Balaban J connectivity index is 3.99. The van der Waals surface area contributed by atoms with Crippen LogP contribution in [-0.2, 0) is 0 Å². The maximum absolute atomic E-state index is 4.60. The van der Waals surface area contributed by atoms with Crippen LogP contribution in [0.1, 0.15) is 40.0 Å². The first-order chi connectivity index (χ1) is 6.07. The molecule has 0 saturated carbocycles. The van der Waals surface area contributed by atoms with Crippen molar-refractivity contribution in [3.05, 3.63) is 0 Å². The molecule has 0 fully saturated rings. The number of aliphatic imine (C=N–C) groups is 1. The van der Waals surface area contributed by atoms with E-state index < -0.39 is 0 Å². The fourth-order valence-corrected chi connectivity index (χ4v) is 1.12. The van der Waals surface area contributed by atoms with Crippen molar-refractivity contribution in [2.45, 2.75) is 40.0 Å². The molecule has 0 atom stereocenters. The third-order valence-corrected chi connectivity index (χ3v) is 1.91. The average molecular weight is 184 g/mol. The summed E-state index contributed by atoms with van der Waals surface area (Å²) in [7, 11) is 4.15. The molecule has 0 heterocycles. The summed E-state index contributed by atoms with van der Waals surface area (Å²) < 4.78 is 0. The highest BCUT2D eigenvalue weighted by atomic mass is 15.1. The number of hydrogen-bond acceptors (Lipinski definition) is 1. The van der Waals surface area contributed by atoms with Gasteiger partial charge in [-0.15, -0.1) is 0 Å². The Bertz CT molecular complexity index is 148. The summed E-state index contributed by atoms with van der Waals surface area (Å²) in [6, 6.07) is 0. The predicted octanol–water partition coefficient (Wildman–Crippen LogP) is 2.79. The monoisotopic (exact) mass is 184 g/mol. The molecule has 0 aromatic rings. The average Bonchev–Trinajstić information content (AvgIpc) is 2.02. The molecule has 0 bridgehead atoms. The number of amidine groups is 1. The molecule has 0 unspecified atom stereocenters. The molecule has 78 valence electrons. The Labute approximate surface area is 83.0 Å². The molecule has 0 aromatic carbocycles. The van der Waals surface area contributed by atoms with Crippen LogP contribution in [0.2, 0.25) is 0 Å². The van der Waals surface area contributed by atoms with Gasteiger partial charge < -0.3 is 4.90 Å². The second kappa shape index (κ2) is 6.93. The highest BCUT2D eigenvalue weighted by Crippen LogP contribution is 2.04. The molecule has 0 aromatic heterocycles. The van der Waals surface area contributed by atoms with Crippen molar-refractivity contribution in [3.8, 4) is 0 Å². The highest BCUT2D eigenvalue weighted by molar-refractivity contribution is 5.81. The van der Waals surface area contributed by atoms with E-state index in [1.165, 1.54) is 18.7 Å². The van der Waals surface area contributed by atoms with Gasteiger partial charge in [0.25, 0.3) is 0 Å². The highest BCUT2D eigenvalue weighted by Gasteiger charge is 2.04. The molecule has 13 heavy (non-hydrogen) atoms. The van der Waals surface area contributed by atoms with Crippen molar-refractivity contribution >= 4 is 5.84 Å². The number of unbranched alkanes of at least 4 members (excludes halogenated alkanes) is 1. The molecule has 0 spiro atoms. The largest absolute Gasteiger partial charge is 0.366 e. The molecule has 0 aliphatic carbocycles. The Morgan fingerprint density at radius 3 is 2.31 bits per heavy atom. The second-order valence-electron chi connectivity index (χ2n) is 4.14. The van der Waals surface area contributed by atoms with E-state index in [1.807, 2.05) is 0 Å². The van der Waals surface area contributed by atoms with Gasteiger partial charge in [0.05, 0.1) is 5.84 Å². The van der Waals surface area contributed by atoms with Crippen LogP contribution in [0.15, 0.2) is 4.99 Å². The van der Waals surface area contributed by atoms with Gasteiger partial charge in [-0.25, -0.2) is 0 Å². The summed E-state index contributed by atoms with van der Waals surface area (Å²) in [6.45, 7) is 7.65. The Morgan fingerprint density at radius 1 is 1.31 bits per heavy atom. The van der Waals surface area contributed by atoms with Crippen LogP contribution in [-0.4, -0.2) is 31.4 Å². The first-order valence-electron chi connectivity index (χ1n) is 5.28. The molecule has 0 N–H and O–H groups in total. The quantitative estimate of drug-likeness (QED) is 0.364. The second-order valence-corrected chi connectivity index (χ2v) is 4.14. The molecule has 0 aliphatic heterocycles. The zero-order valence-corrected chi connectivity index (χ0v) is 9.80. The Hall–Kier alpha value is -0.530. The van der Waals surface area contributed by atoms with Gasteiger partial charge in [0.2, 0.25) is 0 Å². The fraction of sp³-hybridized carbons (Fsp3) is 0.909. The minimum Gasteiger partial charge on any atom is -0.366 e. The fourth-order valence-electron chi connectivity index (χ4n) is 1.12. The molecule has 0 saturated heterocycles. The van der Waals surface area contributed by atoms with E-state index in [4.69, 9.17) is 0 Å². The smallest absolute Gasteiger partial charge is 0.0986 e. The lowest BCUT2D eigenvalue weighted by Crippen LogP contribution is -2.23. The van der Waals surface area contributed by atoms with Gasteiger partial charge in [-0.2, -0.15) is 0 Å². The summed E-state index contributed by atoms with van der Waals surface area (Å²) in [4.78, 5) is 6.73. The predicted molar refractivity (Wildman–Crippen MR) is 60.4 cm³/mol. The van der Waals surface area contributed by atoms with Crippen LogP contribution in [0.3, 0.4) is 0 Å². The molecular formula is C11H24N2. The van der Waals surface area contributed by atoms with Crippen LogP contribution in [0.25, 0.3) is 0 Å². The molecule has 0 radical (unpaired) electrons. The van der Waals surface area contributed by atoms with Crippen LogP contribution in [0.4, 0.5) is 0 Å². The van der Waals surface area contributed by atoms with E-state index in [-0.39, 0.29) is 0 Å². The van der Waals surface area contributed by atoms with Gasteiger partial charge in [0.1, 0.15) is 0 Å². The SMILES string of the molecule is CCCCN=C(CC(C)C)N(C)C. The number of nitrogens with zero attached hydrogens (tertiary/aromatic N) is 2. The first-order valence-corrected chi connectivity index (χ1v) is 5.28. The van der Waals surface area contributed by atoms with E-state index >= 15 is 0 Å². The van der Waals surface area contributed by atoms with Gasteiger partial charge in [0, 0.05) is 27.1 Å². The van der Waals surface area contributed by atoms with E-state index in [9.17, 15) is 0 Å². The number of hydrogen-bond donors (Lipinski definition) is 0. The lowest BCUT2D eigenvalue weighted by molar-refractivity contribution is 0.559. The van der Waals surface area contributed by atoms with Crippen molar-refractivity contribution < 1.29 is 0 Å². The maximum atomic E-state index is 4.60. The van der Waals surface area contributed by atoms with Gasteiger partial charge in [-0.3, -0.25) is 4.99 Å².